The van der Waals surface area contributed by atoms with Crippen molar-refractivity contribution in [1.29, 1.82) is 0 Å². The first-order chi connectivity index (χ1) is 8.87. The molecule has 1 aliphatic rings. The number of rotatable bonds is 4. The van der Waals surface area contributed by atoms with E-state index in [1.807, 2.05) is 18.2 Å². The first-order valence-electron chi connectivity index (χ1n) is 6.65. The largest absolute Gasteiger partial charge is 0.490 e. The minimum absolute atomic E-state index is 0.0408. The maximum absolute atomic E-state index is 9.77. The van der Waals surface area contributed by atoms with E-state index in [-0.39, 0.29) is 11.7 Å². The van der Waals surface area contributed by atoms with Gasteiger partial charge in [-0.15, -0.1) is 0 Å². The van der Waals surface area contributed by atoms with Gasteiger partial charge in [0.1, 0.15) is 12.4 Å². The molecule has 0 aliphatic carbocycles. The van der Waals surface area contributed by atoms with Gasteiger partial charge in [-0.2, -0.15) is 0 Å². The average Bonchev–Trinajstić information content (AvgIpc) is 2.67. The van der Waals surface area contributed by atoms with Crippen molar-refractivity contribution >= 4 is 15.9 Å². The number of aliphatic hydroxyl groups excluding tert-OH is 1. The third-order valence-electron chi connectivity index (χ3n) is 3.40. The summed E-state index contributed by atoms with van der Waals surface area (Å²) in [4.78, 5) is 0. The molecular formula is C15H21BrO3. The van der Waals surface area contributed by atoms with Crippen LogP contribution in [0.15, 0.2) is 22.7 Å². The van der Waals surface area contributed by atoms with Crippen LogP contribution >= 0.6 is 15.9 Å². The lowest BCUT2D eigenvalue weighted by atomic mass is 10.1. The molecule has 0 spiro atoms. The number of aliphatic hydroxyl groups is 1. The molecule has 2 atom stereocenters. The normalized spacial score (nSPS) is 23.3. The minimum atomic E-state index is -0.548. The van der Waals surface area contributed by atoms with Gasteiger partial charge in [-0.25, -0.2) is 0 Å². The second-order valence-corrected chi connectivity index (χ2v) is 6.62. The molecule has 1 fully saturated rings. The van der Waals surface area contributed by atoms with E-state index in [1.54, 1.807) is 6.92 Å². The molecule has 0 aromatic heterocycles. The highest BCUT2D eigenvalue weighted by Crippen LogP contribution is 2.32. The SMILES string of the molecule is C[C@@H](O)c1cc(Br)ccc1OCC1CCC(C)(C)O1. The van der Waals surface area contributed by atoms with Crippen molar-refractivity contribution in [2.24, 2.45) is 0 Å². The third kappa shape index (κ3) is 3.94. The van der Waals surface area contributed by atoms with E-state index >= 15 is 0 Å². The van der Waals surface area contributed by atoms with Crippen molar-refractivity contribution in [2.45, 2.75) is 51.4 Å². The lowest BCUT2D eigenvalue weighted by molar-refractivity contribution is -0.0329. The quantitative estimate of drug-likeness (QED) is 0.912. The van der Waals surface area contributed by atoms with E-state index in [2.05, 4.69) is 29.8 Å². The van der Waals surface area contributed by atoms with Gasteiger partial charge < -0.3 is 14.6 Å². The van der Waals surface area contributed by atoms with Gasteiger partial charge in [0.25, 0.3) is 0 Å². The van der Waals surface area contributed by atoms with Gasteiger partial charge in [0.05, 0.1) is 17.8 Å². The van der Waals surface area contributed by atoms with E-state index in [4.69, 9.17) is 9.47 Å². The van der Waals surface area contributed by atoms with Crippen molar-refractivity contribution in [1.82, 2.24) is 0 Å². The van der Waals surface area contributed by atoms with Crippen LogP contribution in [-0.4, -0.2) is 23.4 Å². The number of hydrogen-bond acceptors (Lipinski definition) is 3. The first kappa shape index (κ1) is 14.8. The van der Waals surface area contributed by atoms with Crippen molar-refractivity contribution in [3.63, 3.8) is 0 Å². The molecular weight excluding hydrogens is 308 g/mol. The smallest absolute Gasteiger partial charge is 0.125 e. The van der Waals surface area contributed by atoms with Crippen LogP contribution in [0.25, 0.3) is 0 Å². The van der Waals surface area contributed by atoms with Gasteiger partial charge in [-0.3, -0.25) is 0 Å². The summed E-state index contributed by atoms with van der Waals surface area (Å²) in [7, 11) is 0. The predicted octanol–water partition coefficient (Wildman–Crippen LogP) is 3.84. The molecule has 0 amide bonds. The van der Waals surface area contributed by atoms with Crippen molar-refractivity contribution in [2.75, 3.05) is 6.61 Å². The van der Waals surface area contributed by atoms with Crippen molar-refractivity contribution < 1.29 is 14.6 Å². The van der Waals surface area contributed by atoms with E-state index in [0.29, 0.717) is 6.61 Å². The summed E-state index contributed by atoms with van der Waals surface area (Å²) < 4.78 is 12.7. The van der Waals surface area contributed by atoms with Gasteiger partial charge in [0.15, 0.2) is 0 Å². The summed E-state index contributed by atoms with van der Waals surface area (Å²) in [6, 6.07) is 5.69. The fraction of sp³-hybridized carbons (Fsp3) is 0.600. The maximum Gasteiger partial charge on any atom is 0.125 e. The van der Waals surface area contributed by atoms with Crippen LogP contribution < -0.4 is 4.74 Å². The van der Waals surface area contributed by atoms with Crippen LogP contribution in [0.4, 0.5) is 0 Å². The Morgan fingerprint density at radius 1 is 1.53 bits per heavy atom. The molecule has 0 saturated carbocycles. The second-order valence-electron chi connectivity index (χ2n) is 5.71. The molecule has 0 radical (unpaired) electrons. The van der Waals surface area contributed by atoms with Gasteiger partial charge in [0, 0.05) is 10.0 Å². The fourth-order valence-electron chi connectivity index (χ4n) is 2.35. The number of benzene rings is 1. The molecule has 1 aromatic carbocycles. The molecule has 2 rings (SSSR count). The molecule has 4 heteroatoms. The van der Waals surface area contributed by atoms with E-state index in [0.717, 1.165) is 28.6 Å². The summed E-state index contributed by atoms with van der Waals surface area (Å²) in [5.41, 5.74) is 0.757. The molecule has 3 nitrogen and oxygen atoms in total. The van der Waals surface area contributed by atoms with E-state index < -0.39 is 6.10 Å². The number of ether oxygens (including phenoxy) is 2. The monoisotopic (exact) mass is 328 g/mol. The number of halogens is 1. The highest BCUT2D eigenvalue weighted by atomic mass is 79.9. The Hall–Kier alpha value is -0.580. The summed E-state index contributed by atoms with van der Waals surface area (Å²) in [5, 5.41) is 9.77. The molecule has 1 saturated heterocycles. The van der Waals surface area contributed by atoms with Crippen LogP contribution in [0.2, 0.25) is 0 Å². The van der Waals surface area contributed by atoms with Gasteiger partial charge in [-0.05, 0) is 51.8 Å². The number of hydrogen-bond donors (Lipinski definition) is 1. The minimum Gasteiger partial charge on any atom is -0.490 e. The fourth-order valence-corrected chi connectivity index (χ4v) is 2.73. The van der Waals surface area contributed by atoms with Crippen LogP contribution in [-0.2, 0) is 4.74 Å². The zero-order valence-electron chi connectivity index (χ0n) is 11.6. The van der Waals surface area contributed by atoms with Crippen LogP contribution in [0, 0.1) is 0 Å². The molecule has 106 valence electrons. The molecule has 1 aliphatic heterocycles. The highest BCUT2D eigenvalue weighted by Gasteiger charge is 2.32. The predicted molar refractivity (Wildman–Crippen MR) is 78.5 cm³/mol. The van der Waals surface area contributed by atoms with E-state index in [9.17, 15) is 5.11 Å². The Bertz CT molecular complexity index is 443. The average molecular weight is 329 g/mol. The Kier molecular flexibility index (Phi) is 4.54. The van der Waals surface area contributed by atoms with Crippen LogP contribution in [0.1, 0.15) is 45.3 Å². The zero-order valence-corrected chi connectivity index (χ0v) is 13.2. The van der Waals surface area contributed by atoms with E-state index in [1.165, 1.54) is 0 Å². The van der Waals surface area contributed by atoms with Crippen LogP contribution in [0.5, 0.6) is 5.75 Å². The molecule has 1 unspecified atom stereocenters. The zero-order chi connectivity index (χ0) is 14.0. The molecule has 0 bridgehead atoms. The summed E-state index contributed by atoms with van der Waals surface area (Å²) in [6.45, 7) is 6.48. The molecule has 19 heavy (non-hydrogen) atoms. The Morgan fingerprint density at radius 2 is 2.26 bits per heavy atom. The van der Waals surface area contributed by atoms with Crippen molar-refractivity contribution in [3.8, 4) is 5.75 Å². The third-order valence-corrected chi connectivity index (χ3v) is 3.89. The Labute approximate surface area is 123 Å². The van der Waals surface area contributed by atoms with Gasteiger partial charge in [0.2, 0.25) is 0 Å². The molecule has 1 N–H and O–H groups in total. The topological polar surface area (TPSA) is 38.7 Å². The van der Waals surface area contributed by atoms with Crippen molar-refractivity contribution in [3.05, 3.63) is 28.2 Å². The molecule has 1 heterocycles. The Balaban J connectivity index is 2.00. The summed E-state index contributed by atoms with van der Waals surface area (Å²) in [6.07, 6.45) is 1.67. The maximum atomic E-state index is 9.77. The second kappa shape index (κ2) is 5.81. The summed E-state index contributed by atoms with van der Waals surface area (Å²) in [5.74, 6) is 0.728. The lowest BCUT2D eigenvalue weighted by Crippen LogP contribution is -2.24. The van der Waals surface area contributed by atoms with Gasteiger partial charge in [-0.1, -0.05) is 15.9 Å². The highest BCUT2D eigenvalue weighted by molar-refractivity contribution is 9.10. The van der Waals surface area contributed by atoms with Gasteiger partial charge >= 0.3 is 0 Å². The lowest BCUT2D eigenvalue weighted by Gasteiger charge is -2.20. The first-order valence-corrected chi connectivity index (χ1v) is 7.45. The molecule has 1 aromatic rings. The summed E-state index contributed by atoms with van der Waals surface area (Å²) >= 11 is 3.41. The standard InChI is InChI=1S/C15H21BrO3/c1-10(17)13-8-11(16)4-5-14(13)18-9-12-6-7-15(2,3)19-12/h4-5,8,10,12,17H,6-7,9H2,1-3H3/t10-,12?/m1/s1. The Morgan fingerprint density at radius 3 is 2.84 bits per heavy atom. The van der Waals surface area contributed by atoms with Crippen LogP contribution in [0.3, 0.4) is 0 Å².